The van der Waals surface area contributed by atoms with Crippen LogP contribution >= 0.6 is 0 Å². The predicted molar refractivity (Wildman–Crippen MR) is 76.4 cm³/mol. The molecule has 0 amide bonds. The van der Waals surface area contributed by atoms with Crippen LogP contribution in [0.4, 0.5) is 0 Å². The minimum Gasteiger partial charge on any atom is -0.326 e. The molecule has 2 rings (SSSR count). The fourth-order valence-corrected chi connectivity index (χ4v) is 1.88. The van der Waals surface area contributed by atoms with Gasteiger partial charge in [-0.25, -0.2) is 0 Å². The summed E-state index contributed by atoms with van der Waals surface area (Å²) in [7, 11) is 2.10. The Hall–Kier alpha value is -1.78. The second kappa shape index (κ2) is 6.97. The van der Waals surface area contributed by atoms with Crippen LogP contribution in [0.25, 0.3) is 0 Å². The number of pyridine rings is 2. The van der Waals surface area contributed by atoms with Crippen molar-refractivity contribution in [2.75, 3.05) is 13.6 Å². The van der Waals surface area contributed by atoms with Crippen molar-refractivity contribution in [1.29, 1.82) is 0 Å². The van der Waals surface area contributed by atoms with Gasteiger partial charge < -0.3 is 10.6 Å². The van der Waals surface area contributed by atoms with E-state index in [1.54, 1.807) is 0 Å². The number of hydrogen-bond acceptors (Lipinski definition) is 4. The van der Waals surface area contributed by atoms with Crippen molar-refractivity contribution in [3.63, 3.8) is 0 Å². The number of hydrogen-bond donors (Lipinski definition) is 1. The Bertz CT molecular complexity index is 481. The molecule has 100 valence electrons. The highest BCUT2D eigenvalue weighted by Gasteiger charge is 2.02. The second-order valence-electron chi connectivity index (χ2n) is 4.67. The van der Waals surface area contributed by atoms with Gasteiger partial charge in [0.15, 0.2) is 0 Å². The average Bonchev–Trinajstić information content (AvgIpc) is 2.47. The van der Waals surface area contributed by atoms with E-state index < -0.39 is 0 Å². The van der Waals surface area contributed by atoms with Crippen LogP contribution in [-0.2, 0) is 19.5 Å². The van der Waals surface area contributed by atoms with E-state index in [1.807, 2.05) is 36.7 Å². The lowest BCUT2D eigenvalue weighted by atomic mass is 10.2. The lowest BCUT2D eigenvalue weighted by Crippen LogP contribution is -2.21. The summed E-state index contributed by atoms with van der Waals surface area (Å²) in [5.74, 6) is 0. The van der Waals surface area contributed by atoms with Gasteiger partial charge in [-0.1, -0.05) is 12.1 Å². The van der Waals surface area contributed by atoms with E-state index in [4.69, 9.17) is 5.73 Å². The Labute approximate surface area is 114 Å². The second-order valence-corrected chi connectivity index (χ2v) is 4.67. The molecule has 4 heteroatoms. The fourth-order valence-electron chi connectivity index (χ4n) is 1.88. The van der Waals surface area contributed by atoms with Gasteiger partial charge in [0.2, 0.25) is 0 Å². The molecule has 2 N–H and O–H groups in total. The Morgan fingerprint density at radius 1 is 1.11 bits per heavy atom. The van der Waals surface area contributed by atoms with Crippen molar-refractivity contribution in [3.8, 4) is 0 Å². The van der Waals surface area contributed by atoms with Gasteiger partial charge in [-0.05, 0) is 30.8 Å². The third-order valence-electron chi connectivity index (χ3n) is 3.03. The van der Waals surface area contributed by atoms with Crippen LogP contribution in [0.15, 0.2) is 42.7 Å². The van der Waals surface area contributed by atoms with Crippen LogP contribution < -0.4 is 5.73 Å². The van der Waals surface area contributed by atoms with Crippen LogP contribution in [0.1, 0.15) is 17.0 Å². The molecule has 0 saturated carbocycles. The van der Waals surface area contributed by atoms with Crippen LogP contribution in [0.2, 0.25) is 0 Å². The normalized spacial score (nSPS) is 10.9. The topological polar surface area (TPSA) is 55.0 Å². The molecule has 2 aromatic rings. The van der Waals surface area contributed by atoms with Crippen molar-refractivity contribution in [2.45, 2.75) is 19.5 Å². The molecule has 0 bridgehead atoms. The highest BCUT2D eigenvalue weighted by molar-refractivity contribution is 5.13. The lowest BCUT2D eigenvalue weighted by molar-refractivity contribution is 0.326. The van der Waals surface area contributed by atoms with Crippen molar-refractivity contribution < 1.29 is 0 Å². The van der Waals surface area contributed by atoms with E-state index in [-0.39, 0.29) is 0 Å². The molecule has 0 unspecified atom stereocenters. The fraction of sp³-hybridized carbons (Fsp3) is 0.333. The SMILES string of the molecule is CN(CCc1ccccn1)Cc1ccc(CN)cn1. The van der Waals surface area contributed by atoms with Crippen LogP contribution in [0.3, 0.4) is 0 Å². The average molecular weight is 256 g/mol. The number of aromatic nitrogens is 2. The molecule has 0 radical (unpaired) electrons. The van der Waals surface area contributed by atoms with E-state index in [9.17, 15) is 0 Å². The van der Waals surface area contributed by atoms with E-state index in [2.05, 4.69) is 28.0 Å². The minimum absolute atomic E-state index is 0.544. The highest BCUT2D eigenvalue weighted by atomic mass is 15.1. The van der Waals surface area contributed by atoms with E-state index in [0.717, 1.165) is 36.5 Å². The largest absolute Gasteiger partial charge is 0.326 e. The lowest BCUT2D eigenvalue weighted by Gasteiger charge is -2.15. The summed E-state index contributed by atoms with van der Waals surface area (Å²) in [6, 6.07) is 10.1. The Morgan fingerprint density at radius 3 is 2.63 bits per heavy atom. The molecule has 0 aliphatic heterocycles. The molecule has 0 aromatic carbocycles. The van der Waals surface area contributed by atoms with Gasteiger partial charge >= 0.3 is 0 Å². The summed E-state index contributed by atoms with van der Waals surface area (Å²) in [6.07, 6.45) is 4.64. The Morgan fingerprint density at radius 2 is 2.00 bits per heavy atom. The van der Waals surface area contributed by atoms with E-state index >= 15 is 0 Å². The van der Waals surface area contributed by atoms with Gasteiger partial charge in [-0.2, -0.15) is 0 Å². The summed E-state index contributed by atoms with van der Waals surface area (Å²) in [5, 5.41) is 0. The van der Waals surface area contributed by atoms with Crippen molar-refractivity contribution >= 4 is 0 Å². The molecule has 4 nitrogen and oxygen atoms in total. The quantitative estimate of drug-likeness (QED) is 0.853. The maximum absolute atomic E-state index is 5.56. The molecule has 2 heterocycles. The van der Waals surface area contributed by atoms with Gasteiger partial charge in [-0.15, -0.1) is 0 Å². The van der Waals surface area contributed by atoms with E-state index in [1.165, 1.54) is 0 Å². The molecule has 19 heavy (non-hydrogen) atoms. The van der Waals surface area contributed by atoms with Crippen molar-refractivity contribution in [1.82, 2.24) is 14.9 Å². The summed E-state index contributed by atoms with van der Waals surface area (Å²) >= 11 is 0. The highest BCUT2D eigenvalue weighted by Crippen LogP contribution is 2.03. The summed E-state index contributed by atoms with van der Waals surface area (Å²) < 4.78 is 0. The standard InChI is InChI=1S/C15H20N4/c1-19(9-7-14-4-2-3-8-17-14)12-15-6-5-13(10-16)11-18-15/h2-6,8,11H,7,9-10,12,16H2,1H3. The first-order chi connectivity index (χ1) is 9.28. The zero-order valence-electron chi connectivity index (χ0n) is 11.3. The molecule has 0 spiro atoms. The minimum atomic E-state index is 0.544. The third kappa shape index (κ3) is 4.43. The molecule has 0 fully saturated rings. The zero-order valence-corrected chi connectivity index (χ0v) is 11.3. The van der Waals surface area contributed by atoms with Crippen LogP contribution in [0.5, 0.6) is 0 Å². The number of likely N-dealkylation sites (N-methyl/N-ethyl adjacent to an activating group) is 1. The maximum atomic E-state index is 5.56. The summed E-state index contributed by atoms with van der Waals surface area (Å²) in [5.41, 5.74) is 8.82. The van der Waals surface area contributed by atoms with Crippen molar-refractivity contribution in [2.24, 2.45) is 5.73 Å². The van der Waals surface area contributed by atoms with Crippen LogP contribution in [-0.4, -0.2) is 28.5 Å². The molecule has 0 aliphatic rings. The maximum Gasteiger partial charge on any atom is 0.0544 e. The van der Waals surface area contributed by atoms with Gasteiger partial charge in [-0.3, -0.25) is 9.97 Å². The molecule has 0 atom stereocenters. The molecular formula is C15H20N4. The van der Waals surface area contributed by atoms with Crippen molar-refractivity contribution in [3.05, 3.63) is 59.7 Å². The summed E-state index contributed by atoms with van der Waals surface area (Å²) in [4.78, 5) is 11.0. The monoisotopic (exact) mass is 256 g/mol. The Balaban J connectivity index is 1.82. The van der Waals surface area contributed by atoms with Gasteiger partial charge in [0.1, 0.15) is 0 Å². The smallest absolute Gasteiger partial charge is 0.0544 e. The first kappa shape index (κ1) is 13.6. The number of nitrogens with two attached hydrogens (primary N) is 1. The molecular weight excluding hydrogens is 236 g/mol. The first-order valence-electron chi connectivity index (χ1n) is 6.50. The van der Waals surface area contributed by atoms with Crippen LogP contribution in [0, 0.1) is 0 Å². The van der Waals surface area contributed by atoms with E-state index in [0.29, 0.717) is 6.54 Å². The number of nitrogens with zero attached hydrogens (tertiary/aromatic N) is 3. The number of rotatable bonds is 6. The van der Waals surface area contributed by atoms with Gasteiger partial charge in [0.05, 0.1) is 5.69 Å². The predicted octanol–water partition coefficient (Wildman–Crippen LogP) is 1.61. The van der Waals surface area contributed by atoms with Gasteiger partial charge in [0.25, 0.3) is 0 Å². The molecule has 0 saturated heterocycles. The third-order valence-corrected chi connectivity index (χ3v) is 3.03. The zero-order chi connectivity index (χ0) is 13.5. The molecule has 2 aromatic heterocycles. The molecule has 0 aliphatic carbocycles. The summed E-state index contributed by atoms with van der Waals surface area (Å²) in [6.45, 7) is 2.36. The Kier molecular flexibility index (Phi) is 5.01. The first-order valence-corrected chi connectivity index (χ1v) is 6.50. The van der Waals surface area contributed by atoms with Gasteiger partial charge in [0, 0.05) is 44.1 Å².